The standard InChI is InChI=1S/C11H14O/c1-2-3-9-11(12)10-7-5-4-6-8-10/h2-8,11-12H,9H2,1H3/b3-2+. The first-order valence-corrected chi connectivity index (χ1v) is 4.18. The second-order valence-corrected chi connectivity index (χ2v) is 2.73. The van der Waals surface area contributed by atoms with E-state index in [1.54, 1.807) is 0 Å². The van der Waals surface area contributed by atoms with Crippen molar-refractivity contribution in [3.8, 4) is 0 Å². The van der Waals surface area contributed by atoms with Crippen molar-refractivity contribution in [1.29, 1.82) is 0 Å². The maximum Gasteiger partial charge on any atom is 0.0824 e. The molecule has 0 saturated heterocycles. The van der Waals surface area contributed by atoms with Gasteiger partial charge in [0.15, 0.2) is 0 Å². The normalized spacial score (nSPS) is 13.5. The van der Waals surface area contributed by atoms with E-state index in [0.717, 1.165) is 5.56 Å². The minimum atomic E-state index is -0.359. The Morgan fingerprint density at radius 1 is 1.33 bits per heavy atom. The summed E-state index contributed by atoms with van der Waals surface area (Å²) in [5.41, 5.74) is 0.982. The molecule has 1 atom stereocenters. The molecular formula is C11H14O. The van der Waals surface area contributed by atoms with Crippen LogP contribution in [0.25, 0.3) is 0 Å². The maximum atomic E-state index is 9.60. The summed E-state index contributed by atoms with van der Waals surface area (Å²) in [4.78, 5) is 0. The minimum Gasteiger partial charge on any atom is -0.388 e. The van der Waals surface area contributed by atoms with Crippen LogP contribution in [0, 0.1) is 0 Å². The van der Waals surface area contributed by atoms with Crippen molar-refractivity contribution < 1.29 is 5.11 Å². The van der Waals surface area contributed by atoms with Crippen LogP contribution in [-0.2, 0) is 0 Å². The zero-order valence-corrected chi connectivity index (χ0v) is 7.27. The van der Waals surface area contributed by atoms with E-state index in [2.05, 4.69) is 0 Å². The van der Waals surface area contributed by atoms with Crippen molar-refractivity contribution in [3.63, 3.8) is 0 Å². The third-order valence-corrected chi connectivity index (χ3v) is 1.78. The van der Waals surface area contributed by atoms with Crippen molar-refractivity contribution in [2.75, 3.05) is 0 Å². The Morgan fingerprint density at radius 2 is 2.00 bits per heavy atom. The molecule has 0 radical (unpaired) electrons. The number of aliphatic hydroxyl groups excluding tert-OH is 1. The Kier molecular flexibility index (Phi) is 3.55. The number of benzene rings is 1. The van der Waals surface area contributed by atoms with Gasteiger partial charge in [-0.1, -0.05) is 42.5 Å². The first-order valence-electron chi connectivity index (χ1n) is 4.18. The van der Waals surface area contributed by atoms with Gasteiger partial charge in [0, 0.05) is 0 Å². The van der Waals surface area contributed by atoms with Crippen LogP contribution in [0.4, 0.5) is 0 Å². The van der Waals surface area contributed by atoms with Gasteiger partial charge in [0.2, 0.25) is 0 Å². The molecular weight excluding hydrogens is 148 g/mol. The molecule has 1 nitrogen and oxygen atoms in total. The largest absolute Gasteiger partial charge is 0.388 e. The molecule has 0 heterocycles. The Balaban J connectivity index is 2.59. The lowest BCUT2D eigenvalue weighted by Crippen LogP contribution is -1.94. The lowest BCUT2D eigenvalue weighted by atomic mass is 10.1. The van der Waals surface area contributed by atoms with Crippen LogP contribution < -0.4 is 0 Å². The highest BCUT2D eigenvalue weighted by Crippen LogP contribution is 2.15. The third kappa shape index (κ3) is 2.51. The molecule has 0 aliphatic carbocycles. The van der Waals surface area contributed by atoms with Gasteiger partial charge in [-0.25, -0.2) is 0 Å². The highest BCUT2D eigenvalue weighted by molar-refractivity contribution is 5.17. The number of aliphatic hydroxyl groups is 1. The van der Waals surface area contributed by atoms with E-state index in [1.165, 1.54) is 0 Å². The smallest absolute Gasteiger partial charge is 0.0824 e. The van der Waals surface area contributed by atoms with Gasteiger partial charge in [-0.3, -0.25) is 0 Å². The van der Waals surface area contributed by atoms with Crippen LogP contribution in [0.1, 0.15) is 25.0 Å². The Bertz CT molecular complexity index is 238. The quantitative estimate of drug-likeness (QED) is 0.677. The predicted octanol–water partition coefficient (Wildman–Crippen LogP) is 2.69. The molecule has 1 aromatic rings. The van der Waals surface area contributed by atoms with Crippen LogP contribution in [0.5, 0.6) is 0 Å². The number of hydrogen-bond donors (Lipinski definition) is 1. The molecule has 64 valence electrons. The maximum absolute atomic E-state index is 9.60. The van der Waals surface area contributed by atoms with Gasteiger partial charge in [-0.15, -0.1) is 0 Å². The van der Waals surface area contributed by atoms with Gasteiger partial charge in [0.25, 0.3) is 0 Å². The highest BCUT2D eigenvalue weighted by atomic mass is 16.3. The van der Waals surface area contributed by atoms with Crippen LogP contribution in [0.2, 0.25) is 0 Å². The molecule has 0 spiro atoms. The molecule has 0 amide bonds. The predicted molar refractivity (Wildman–Crippen MR) is 50.8 cm³/mol. The fourth-order valence-corrected chi connectivity index (χ4v) is 1.08. The lowest BCUT2D eigenvalue weighted by molar-refractivity contribution is 0.181. The number of allylic oxidation sites excluding steroid dienone is 1. The van der Waals surface area contributed by atoms with Crippen LogP contribution in [-0.4, -0.2) is 5.11 Å². The van der Waals surface area contributed by atoms with E-state index in [1.807, 2.05) is 49.4 Å². The molecule has 1 rings (SSSR count). The summed E-state index contributed by atoms with van der Waals surface area (Å²) in [5, 5.41) is 9.60. The van der Waals surface area contributed by atoms with Crippen molar-refractivity contribution >= 4 is 0 Å². The lowest BCUT2D eigenvalue weighted by Gasteiger charge is -2.06. The highest BCUT2D eigenvalue weighted by Gasteiger charge is 2.02. The zero-order chi connectivity index (χ0) is 8.81. The molecule has 0 aliphatic heterocycles. The fourth-order valence-electron chi connectivity index (χ4n) is 1.08. The SMILES string of the molecule is C/C=C/CC(O)c1ccccc1. The molecule has 0 saturated carbocycles. The molecule has 0 fully saturated rings. The summed E-state index contributed by atoms with van der Waals surface area (Å²) in [6.07, 6.45) is 4.26. The molecule has 1 N–H and O–H groups in total. The van der Waals surface area contributed by atoms with Gasteiger partial charge in [0.1, 0.15) is 0 Å². The first kappa shape index (κ1) is 9.01. The van der Waals surface area contributed by atoms with E-state index in [-0.39, 0.29) is 6.10 Å². The molecule has 1 unspecified atom stereocenters. The van der Waals surface area contributed by atoms with Gasteiger partial charge in [0.05, 0.1) is 6.10 Å². The van der Waals surface area contributed by atoms with Crippen LogP contribution in [0.3, 0.4) is 0 Å². The summed E-state index contributed by atoms with van der Waals surface area (Å²) >= 11 is 0. The molecule has 0 aliphatic rings. The van der Waals surface area contributed by atoms with E-state index >= 15 is 0 Å². The number of rotatable bonds is 3. The van der Waals surface area contributed by atoms with Crippen molar-refractivity contribution in [3.05, 3.63) is 48.0 Å². The van der Waals surface area contributed by atoms with Crippen LogP contribution in [0.15, 0.2) is 42.5 Å². The second-order valence-electron chi connectivity index (χ2n) is 2.73. The van der Waals surface area contributed by atoms with E-state index in [0.29, 0.717) is 6.42 Å². The first-order chi connectivity index (χ1) is 5.84. The summed E-state index contributed by atoms with van der Waals surface area (Å²) in [7, 11) is 0. The Morgan fingerprint density at radius 3 is 2.58 bits per heavy atom. The number of hydrogen-bond acceptors (Lipinski definition) is 1. The molecule has 0 bridgehead atoms. The second kappa shape index (κ2) is 4.73. The van der Waals surface area contributed by atoms with Crippen molar-refractivity contribution in [1.82, 2.24) is 0 Å². The average Bonchev–Trinajstić information content (AvgIpc) is 2.15. The molecule has 12 heavy (non-hydrogen) atoms. The van der Waals surface area contributed by atoms with Gasteiger partial charge in [-0.2, -0.15) is 0 Å². The van der Waals surface area contributed by atoms with Gasteiger partial charge in [-0.05, 0) is 18.9 Å². The van der Waals surface area contributed by atoms with Crippen molar-refractivity contribution in [2.24, 2.45) is 0 Å². The summed E-state index contributed by atoms with van der Waals surface area (Å²) in [6, 6.07) is 9.70. The molecule has 1 aromatic carbocycles. The Labute approximate surface area is 73.4 Å². The van der Waals surface area contributed by atoms with Gasteiger partial charge >= 0.3 is 0 Å². The Hall–Kier alpha value is -1.08. The van der Waals surface area contributed by atoms with E-state index in [9.17, 15) is 5.11 Å². The van der Waals surface area contributed by atoms with E-state index in [4.69, 9.17) is 0 Å². The average molecular weight is 162 g/mol. The zero-order valence-electron chi connectivity index (χ0n) is 7.27. The molecule has 0 aromatic heterocycles. The molecule has 1 heteroatoms. The summed E-state index contributed by atoms with van der Waals surface area (Å²) < 4.78 is 0. The summed E-state index contributed by atoms with van der Waals surface area (Å²) in [6.45, 7) is 1.96. The van der Waals surface area contributed by atoms with E-state index < -0.39 is 0 Å². The van der Waals surface area contributed by atoms with Crippen molar-refractivity contribution in [2.45, 2.75) is 19.4 Å². The monoisotopic (exact) mass is 162 g/mol. The minimum absolute atomic E-state index is 0.359. The summed E-state index contributed by atoms with van der Waals surface area (Å²) in [5.74, 6) is 0. The third-order valence-electron chi connectivity index (χ3n) is 1.78. The van der Waals surface area contributed by atoms with Gasteiger partial charge < -0.3 is 5.11 Å². The topological polar surface area (TPSA) is 20.2 Å². The van der Waals surface area contributed by atoms with Crippen LogP contribution >= 0.6 is 0 Å². The fraction of sp³-hybridized carbons (Fsp3) is 0.273.